The normalized spacial score (nSPS) is 10.0. The van der Waals surface area contributed by atoms with E-state index in [4.69, 9.17) is 11.6 Å². The van der Waals surface area contributed by atoms with Crippen molar-refractivity contribution in [2.45, 2.75) is 26.2 Å². The standard InChI is InChI=1S/C10H12ClNO/c1-2-3-4-9(13)8-5-6-12-10(11)7-8/h5-7H,2-4H2,1H3. The average molecular weight is 198 g/mol. The number of hydrogen-bond donors (Lipinski definition) is 0. The van der Waals surface area contributed by atoms with Crippen LogP contribution >= 0.6 is 11.6 Å². The molecular weight excluding hydrogens is 186 g/mol. The lowest BCUT2D eigenvalue weighted by molar-refractivity contribution is 0.0979. The van der Waals surface area contributed by atoms with Crippen LogP contribution in [0.4, 0.5) is 0 Å². The van der Waals surface area contributed by atoms with E-state index in [0.29, 0.717) is 17.1 Å². The van der Waals surface area contributed by atoms with Gasteiger partial charge in [0, 0.05) is 18.2 Å². The van der Waals surface area contributed by atoms with Gasteiger partial charge in [0.1, 0.15) is 5.15 Å². The van der Waals surface area contributed by atoms with E-state index < -0.39 is 0 Å². The summed E-state index contributed by atoms with van der Waals surface area (Å²) in [5, 5.41) is 0.377. The van der Waals surface area contributed by atoms with Crippen LogP contribution in [-0.2, 0) is 0 Å². The van der Waals surface area contributed by atoms with Crippen LogP contribution in [0, 0.1) is 0 Å². The molecule has 1 rings (SSSR count). The first-order valence-corrected chi connectivity index (χ1v) is 4.76. The highest BCUT2D eigenvalue weighted by Gasteiger charge is 2.04. The summed E-state index contributed by atoms with van der Waals surface area (Å²) in [7, 11) is 0. The van der Waals surface area contributed by atoms with E-state index in [9.17, 15) is 4.79 Å². The second kappa shape index (κ2) is 4.97. The third kappa shape index (κ3) is 3.15. The molecule has 0 aliphatic heterocycles. The van der Waals surface area contributed by atoms with Gasteiger partial charge in [-0.1, -0.05) is 24.9 Å². The summed E-state index contributed by atoms with van der Waals surface area (Å²) in [6.07, 6.45) is 4.11. The van der Waals surface area contributed by atoms with E-state index in [1.54, 1.807) is 18.3 Å². The number of ketones is 1. The van der Waals surface area contributed by atoms with Gasteiger partial charge >= 0.3 is 0 Å². The number of carbonyl (C=O) groups excluding carboxylic acids is 1. The van der Waals surface area contributed by atoms with Crippen molar-refractivity contribution in [3.8, 4) is 0 Å². The minimum Gasteiger partial charge on any atom is -0.294 e. The van der Waals surface area contributed by atoms with Gasteiger partial charge in [-0.25, -0.2) is 4.98 Å². The molecule has 0 aliphatic carbocycles. The molecule has 0 fully saturated rings. The van der Waals surface area contributed by atoms with Crippen LogP contribution in [-0.4, -0.2) is 10.8 Å². The number of rotatable bonds is 4. The van der Waals surface area contributed by atoms with Gasteiger partial charge in [0.15, 0.2) is 5.78 Å². The summed E-state index contributed by atoms with van der Waals surface area (Å²) < 4.78 is 0. The zero-order valence-electron chi connectivity index (χ0n) is 7.59. The molecule has 1 heterocycles. The summed E-state index contributed by atoms with van der Waals surface area (Å²) in [5.41, 5.74) is 0.661. The minimum absolute atomic E-state index is 0.145. The van der Waals surface area contributed by atoms with Crippen molar-refractivity contribution < 1.29 is 4.79 Å². The first kappa shape index (κ1) is 10.2. The lowest BCUT2D eigenvalue weighted by atomic mass is 10.1. The highest BCUT2D eigenvalue weighted by atomic mass is 35.5. The summed E-state index contributed by atoms with van der Waals surface area (Å²) >= 11 is 5.66. The lowest BCUT2D eigenvalue weighted by Gasteiger charge is -1.99. The van der Waals surface area contributed by atoms with Crippen LogP contribution in [0.5, 0.6) is 0 Å². The Labute approximate surface area is 82.9 Å². The van der Waals surface area contributed by atoms with E-state index in [1.807, 2.05) is 0 Å². The number of Topliss-reactive ketones (excluding diaryl/α,β-unsaturated/α-hetero) is 1. The molecule has 3 heteroatoms. The molecule has 0 spiro atoms. The SMILES string of the molecule is CCCCC(=O)c1ccnc(Cl)c1. The fourth-order valence-electron chi connectivity index (χ4n) is 1.06. The first-order valence-electron chi connectivity index (χ1n) is 4.38. The molecule has 0 bridgehead atoms. The molecule has 0 saturated carbocycles. The van der Waals surface area contributed by atoms with Crippen molar-refractivity contribution in [3.05, 3.63) is 29.0 Å². The van der Waals surface area contributed by atoms with Crippen LogP contribution in [0.1, 0.15) is 36.5 Å². The number of hydrogen-bond acceptors (Lipinski definition) is 2. The molecule has 13 heavy (non-hydrogen) atoms. The van der Waals surface area contributed by atoms with Crippen LogP contribution in [0.25, 0.3) is 0 Å². The molecule has 0 aromatic carbocycles. The Bertz CT molecular complexity index is 299. The highest BCUT2D eigenvalue weighted by Crippen LogP contribution is 2.10. The van der Waals surface area contributed by atoms with Gasteiger partial charge < -0.3 is 0 Å². The molecule has 1 aromatic heterocycles. The van der Waals surface area contributed by atoms with Crippen molar-refractivity contribution in [2.75, 3.05) is 0 Å². The quantitative estimate of drug-likeness (QED) is 0.549. The summed E-state index contributed by atoms with van der Waals surface area (Å²) in [6, 6.07) is 3.31. The molecule has 0 aliphatic rings. The van der Waals surface area contributed by atoms with Crippen molar-refractivity contribution in [1.29, 1.82) is 0 Å². The number of aromatic nitrogens is 1. The lowest BCUT2D eigenvalue weighted by Crippen LogP contribution is -1.98. The predicted octanol–water partition coefficient (Wildman–Crippen LogP) is 3.11. The Kier molecular flexibility index (Phi) is 3.90. The predicted molar refractivity (Wildman–Crippen MR) is 53.1 cm³/mol. The molecule has 70 valence electrons. The van der Waals surface area contributed by atoms with Gasteiger partial charge in [0.2, 0.25) is 0 Å². The number of carbonyl (C=O) groups is 1. The highest BCUT2D eigenvalue weighted by molar-refractivity contribution is 6.29. The second-order valence-electron chi connectivity index (χ2n) is 2.89. The molecular formula is C10H12ClNO. The molecule has 0 atom stereocenters. The third-order valence-electron chi connectivity index (χ3n) is 1.81. The Morgan fingerprint density at radius 3 is 3.00 bits per heavy atom. The molecule has 0 saturated heterocycles. The maximum Gasteiger partial charge on any atom is 0.163 e. The Balaban J connectivity index is 2.66. The van der Waals surface area contributed by atoms with E-state index in [0.717, 1.165) is 12.8 Å². The zero-order valence-corrected chi connectivity index (χ0v) is 8.34. The number of nitrogens with zero attached hydrogens (tertiary/aromatic N) is 1. The summed E-state index contributed by atoms with van der Waals surface area (Å²) in [4.78, 5) is 15.3. The average Bonchev–Trinajstić information content (AvgIpc) is 2.14. The number of pyridine rings is 1. The molecule has 1 aromatic rings. The van der Waals surface area contributed by atoms with Crippen molar-refractivity contribution in [2.24, 2.45) is 0 Å². The van der Waals surface area contributed by atoms with Gasteiger partial charge in [-0.2, -0.15) is 0 Å². The van der Waals surface area contributed by atoms with Gasteiger partial charge in [0.25, 0.3) is 0 Å². The zero-order chi connectivity index (χ0) is 9.68. The smallest absolute Gasteiger partial charge is 0.163 e. The van der Waals surface area contributed by atoms with Gasteiger partial charge in [0.05, 0.1) is 0 Å². The van der Waals surface area contributed by atoms with Crippen molar-refractivity contribution >= 4 is 17.4 Å². The van der Waals surface area contributed by atoms with Crippen molar-refractivity contribution in [3.63, 3.8) is 0 Å². The van der Waals surface area contributed by atoms with Gasteiger partial charge in [-0.3, -0.25) is 4.79 Å². The van der Waals surface area contributed by atoms with Crippen LogP contribution in [0.15, 0.2) is 18.3 Å². The topological polar surface area (TPSA) is 30.0 Å². The van der Waals surface area contributed by atoms with Crippen LogP contribution < -0.4 is 0 Å². The monoisotopic (exact) mass is 197 g/mol. The minimum atomic E-state index is 0.145. The molecule has 0 radical (unpaired) electrons. The Morgan fingerprint density at radius 1 is 1.62 bits per heavy atom. The van der Waals surface area contributed by atoms with Crippen LogP contribution in [0.3, 0.4) is 0 Å². The number of unbranched alkanes of at least 4 members (excludes halogenated alkanes) is 1. The van der Waals surface area contributed by atoms with Gasteiger partial charge in [-0.15, -0.1) is 0 Å². The Hall–Kier alpha value is -0.890. The van der Waals surface area contributed by atoms with E-state index >= 15 is 0 Å². The van der Waals surface area contributed by atoms with E-state index in [-0.39, 0.29) is 5.78 Å². The fourth-order valence-corrected chi connectivity index (χ4v) is 1.23. The second-order valence-corrected chi connectivity index (χ2v) is 3.28. The molecule has 0 amide bonds. The molecule has 0 N–H and O–H groups in total. The molecule has 2 nitrogen and oxygen atoms in total. The van der Waals surface area contributed by atoms with E-state index in [1.165, 1.54) is 0 Å². The number of halogens is 1. The first-order chi connectivity index (χ1) is 6.24. The third-order valence-corrected chi connectivity index (χ3v) is 2.01. The fraction of sp³-hybridized carbons (Fsp3) is 0.400. The molecule has 0 unspecified atom stereocenters. The van der Waals surface area contributed by atoms with Crippen LogP contribution in [0.2, 0.25) is 5.15 Å². The van der Waals surface area contributed by atoms with E-state index in [2.05, 4.69) is 11.9 Å². The van der Waals surface area contributed by atoms with Crippen molar-refractivity contribution in [1.82, 2.24) is 4.98 Å². The summed E-state index contributed by atoms with van der Waals surface area (Å²) in [6.45, 7) is 2.06. The van der Waals surface area contributed by atoms with Gasteiger partial charge in [-0.05, 0) is 18.6 Å². The summed E-state index contributed by atoms with van der Waals surface area (Å²) in [5.74, 6) is 0.145. The largest absolute Gasteiger partial charge is 0.294 e. The maximum absolute atomic E-state index is 11.5. The maximum atomic E-state index is 11.5. The Morgan fingerprint density at radius 2 is 2.38 bits per heavy atom.